The number of aliphatic hydroxyl groups is 1. The largest absolute Gasteiger partial charge is 0.478 e. The zero-order valence-corrected chi connectivity index (χ0v) is 8.90. The number of carbonyl (C=O) groups excluding carboxylic acids is 1. The Balaban J connectivity index is 4.80. The normalized spacial score (nSPS) is 14.1. The van der Waals surface area contributed by atoms with E-state index in [0.717, 1.165) is 7.11 Å². The molecule has 0 radical (unpaired) electrons. The van der Waals surface area contributed by atoms with E-state index in [-0.39, 0.29) is 5.57 Å². The van der Waals surface area contributed by atoms with Gasteiger partial charge < -0.3 is 14.9 Å². The first-order valence-electron chi connectivity index (χ1n) is 4.63. The zero-order chi connectivity index (χ0) is 12.0. The fraction of sp³-hybridized carbons (Fsp3) is 0.600. The van der Waals surface area contributed by atoms with Gasteiger partial charge in [0.1, 0.15) is 5.92 Å². The summed E-state index contributed by atoms with van der Waals surface area (Å²) < 4.78 is 4.43. The highest BCUT2D eigenvalue weighted by molar-refractivity contribution is 5.94. The summed E-state index contributed by atoms with van der Waals surface area (Å²) in [5, 5.41) is 18.3. The van der Waals surface area contributed by atoms with Crippen molar-refractivity contribution >= 4 is 11.9 Å². The van der Waals surface area contributed by atoms with Crippen molar-refractivity contribution in [3.8, 4) is 0 Å². The Labute approximate surface area is 88.4 Å². The van der Waals surface area contributed by atoms with Crippen molar-refractivity contribution in [2.75, 3.05) is 7.11 Å². The number of hydrogen-bond acceptors (Lipinski definition) is 4. The third kappa shape index (κ3) is 3.71. The van der Waals surface area contributed by atoms with Crippen molar-refractivity contribution in [1.82, 2.24) is 0 Å². The molecular weight excluding hydrogens is 200 g/mol. The molecule has 0 spiro atoms. The fourth-order valence-electron chi connectivity index (χ4n) is 1.25. The SMILES string of the molecule is C=C(C(=O)O)[C@H](C(=O)OC)[C@H](O)CCC. The van der Waals surface area contributed by atoms with E-state index in [1.54, 1.807) is 0 Å². The summed E-state index contributed by atoms with van der Waals surface area (Å²) >= 11 is 0. The van der Waals surface area contributed by atoms with Gasteiger partial charge in [-0.15, -0.1) is 0 Å². The molecule has 2 N–H and O–H groups in total. The maximum Gasteiger partial charge on any atom is 0.331 e. The number of carboxylic acids is 1. The van der Waals surface area contributed by atoms with Crippen molar-refractivity contribution in [3.05, 3.63) is 12.2 Å². The van der Waals surface area contributed by atoms with E-state index in [4.69, 9.17) is 5.11 Å². The molecule has 5 nitrogen and oxygen atoms in total. The fourth-order valence-corrected chi connectivity index (χ4v) is 1.25. The van der Waals surface area contributed by atoms with Crippen LogP contribution in [-0.4, -0.2) is 35.4 Å². The smallest absolute Gasteiger partial charge is 0.331 e. The molecule has 0 aliphatic rings. The lowest BCUT2D eigenvalue weighted by Crippen LogP contribution is -2.33. The number of aliphatic hydroxyl groups excluding tert-OH is 1. The third-order valence-corrected chi connectivity index (χ3v) is 2.07. The van der Waals surface area contributed by atoms with Crippen LogP contribution in [0.1, 0.15) is 19.8 Å². The molecule has 0 fully saturated rings. The summed E-state index contributed by atoms with van der Waals surface area (Å²) in [6.45, 7) is 5.09. The van der Waals surface area contributed by atoms with Gasteiger partial charge in [0, 0.05) is 5.57 Å². The summed E-state index contributed by atoms with van der Waals surface area (Å²) in [4.78, 5) is 21.9. The summed E-state index contributed by atoms with van der Waals surface area (Å²) in [7, 11) is 1.14. The first-order chi connectivity index (χ1) is 6.95. The van der Waals surface area contributed by atoms with Crippen LogP contribution in [0.15, 0.2) is 12.2 Å². The van der Waals surface area contributed by atoms with E-state index in [2.05, 4.69) is 11.3 Å². The minimum absolute atomic E-state index is 0.325. The third-order valence-electron chi connectivity index (χ3n) is 2.07. The van der Waals surface area contributed by atoms with E-state index in [1.165, 1.54) is 0 Å². The van der Waals surface area contributed by atoms with Gasteiger partial charge in [-0.05, 0) is 6.42 Å². The van der Waals surface area contributed by atoms with Crippen molar-refractivity contribution < 1.29 is 24.5 Å². The standard InChI is InChI=1S/C10H16O5/c1-4-5-7(11)8(10(14)15-3)6(2)9(12)13/h7-8,11H,2,4-5H2,1,3H3,(H,12,13)/t7-,8+/m1/s1. The summed E-state index contributed by atoms with van der Waals surface area (Å²) in [6.07, 6.45) is -0.0979. The topological polar surface area (TPSA) is 83.8 Å². The van der Waals surface area contributed by atoms with E-state index >= 15 is 0 Å². The van der Waals surface area contributed by atoms with Crippen LogP contribution in [0.5, 0.6) is 0 Å². The number of ether oxygens (including phenoxy) is 1. The maximum atomic E-state index is 11.3. The van der Waals surface area contributed by atoms with Gasteiger partial charge >= 0.3 is 11.9 Å². The van der Waals surface area contributed by atoms with E-state index in [9.17, 15) is 14.7 Å². The molecule has 0 unspecified atom stereocenters. The average Bonchev–Trinajstić information content (AvgIpc) is 2.17. The minimum Gasteiger partial charge on any atom is -0.478 e. The van der Waals surface area contributed by atoms with Gasteiger partial charge in [0.05, 0.1) is 13.2 Å². The first-order valence-corrected chi connectivity index (χ1v) is 4.63. The molecule has 0 aromatic heterocycles. The molecule has 0 rings (SSSR count). The minimum atomic E-state index is -1.31. The molecule has 0 aliphatic heterocycles. The van der Waals surface area contributed by atoms with Crippen LogP contribution in [0.4, 0.5) is 0 Å². The average molecular weight is 216 g/mol. The number of methoxy groups -OCH3 is 1. The molecule has 86 valence electrons. The van der Waals surface area contributed by atoms with Gasteiger partial charge in [0.15, 0.2) is 0 Å². The highest BCUT2D eigenvalue weighted by Gasteiger charge is 2.33. The lowest BCUT2D eigenvalue weighted by Gasteiger charge is -2.20. The molecule has 0 aromatic rings. The second-order valence-electron chi connectivity index (χ2n) is 3.19. The lowest BCUT2D eigenvalue weighted by molar-refractivity contribution is -0.150. The summed E-state index contributed by atoms with van der Waals surface area (Å²) in [6, 6.07) is 0. The monoisotopic (exact) mass is 216 g/mol. The van der Waals surface area contributed by atoms with Crippen LogP contribution >= 0.6 is 0 Å². The Morgan fingerprint density at radius 2 is 2.00 bits per heavy atom. The Bertz CT molecular complexity index is 259. The summed E-state index contributed by atoms with van der Waals surface area (Å²) in [5.41, 5.74) is -0.345. The van der Waals surface area contributed by atoms with Crippen molar-refractivity contribution in [1.29, 1.82) is 0 Å². The molecule has 15 heavy (non-hydrogen) atoms. The molecule has 0 saturated carbocycles. The molecule has 2 atom stereocenters. The van der Waals surface area contributed by atoms with Gasteiger partial charge in [-0.1, -0.05) is 19.9 Å². The zero-order valence-electron chi connectivity index (χ0n) is 8.90. The molecule has 0 saturated heterocycles. The summed E-state index contributed by atoms with van der Waals surface area (Å²) in [5.74, 6) is -3.27. The number of hydrogen-bond donors (Lipinski definition) is 2. The molecule has 0 aromatic carbocycles. The Hall–Kier alpha value is -1.36. The van der Waals surface area contributed by atoms with E-state index in [0.29, 0.717) is 12.8 Å². The van der Waals surface area contributed by atoms with Crippen molar-refractivity contribution in [2.45, 2.75) is 25.9 Å². The molecule has 0 heterocycles. The first kappa shape index (κ1) is 13.6. The maximum absolute atomic E-state index is 11.3. The lowest BCUT2D eigenvalue weighted by atomic mass is 9.91. The van der Waals surface area contributed by atoms with Crippen LogP contribution in [0.3, 0.4) is 0 Å². The van der Waals surface area contributed by atoms with Crippen molar-refractivity contribution in [2.24, 2.45) is 5.92 Å². The highest BCUT2D eigenvalue weighted by Crippen LogP contribution is 2.19. The predicted molar refractivity (Wildman–Crippen MR) is 53.2 cm³/mol. The Kier molecular flexibility index (Phi) is 5.62. The quantitative estimate of drug-likeness (QED) is 0.501. The van der Waals surface area contributed by atoms with Crippen LogP contribution in [-0.2, 0) is 14.3 Å². The van der Waals surface area contributed by atoms with Gasteiger partial charge in [0.25, 0.3) is 0 Å². The predicted octanol–water partition coefficient (Wildman–Crippen LogP) is 0.577. The molecule has 0 bridgehead atoms. The van der Waals surface area contributed by atoms with E-state index < -0.39 is 24.0 Å². The van der Waals surface area contributed by atoms with Crippen LogP contribution in [0.25, 0.3) is 0 Å². The van der Waals surface area contributed by atoms with Crippen LogP contribution < -0.4 is 0 Å². The number of aliphatic carboxylic acids is 1. The van der Waals surface area contributed by atoms with Crippen LogP contribution in [0, 0.1) is 5.92 Å². The van der Waals surface area contributed by atoms with Crippen LogP contribution in [0.2, 0.25) is 0 Å². The molecular formula is C10H16O5. The molecule has 5 heteroatoms. The number of esters is 1. The second-order valence-corrected chi connectivity index (χ2v) is 3.19. The number of rotatable bonds is 6. The molecule has 0 aliphatic carbocycles. The number of carboxylic acid groups (broad SMARTS) is 1. The molecule has 0 amide bonds. The van der Waals surface area contributed by atoms with Gasteiger partial charge in [-0.3, -0.25) is 4.79 Å². The van der Waals surface area contributed by atoms with E-state index in [1.807, 2.05) is 6.92 Å². The highest BCUT2D eigenvalue weighted by atomic mass is 16.5. The van der Waals surface area contributed by atoms with Gasteiger partial charge in [-0.2, -0.15) is 0 Å². The second kappa shape index (κ2) is 6.19. The van der Waals surface area contributed by atoms with Gasteiger partial charge in [0.2, 0.25) is 0 Å². The Morgan fingerprint density at radius 3 is 2.33 bits per heavy atom. The van der Waals surface area contributed by atoms with Crippen molar-refractivity contribution in [3.63, 3.8) is 0 Å². The Morgan fingerprint density at radius 1 is 1.47 bits per heavy atom. The van der Waals surface area contributed by atoms with Gasteiger partial charge in [-0.25, -0.2) is 4.79 Å². The number of carbonyl (C=O) groups is 2.